The molecule has 6 nitrogen and oxygen atoms in total. The van der Waals surface area contributed by atoms with Gasteiger partial charge in [0, 0.05) is 18.4 Å². The van der Waals surface area contributed by atoms with Crippen LogP contribution in [-0.4, -0.2) is 26.0 Å². The van der Waals surface area contributed by atoms with Crippen molar-refractivity contribution in [2.75, 3.05) is 0 Å². The van der Waals surface area contributed by atoms with Crippen molar-refractivity contribution in [1.82, 2.24) is 25.2 Å². The Morgan fingerprint density at radius 2 is 2.29 bits per heavy atom. The van der Waals surface area contributed by atoms with Crippen LogP contribution in [0.15, 0.2) is 40.5 Å². The normalized spacial score (nSPS) is 14.2. The molecule has 7 heteroatoms. The fraction of sp³-hybridized carbons (Fsp3) is 0.357. The second kappa shape index (κ2) is 6.19. The molecule has 0 bridgehead atoms. The van der Waals surface area contributed by atoms with Gasteiger partial charge in [0.2, 0.25) is 11.7 Å². The number of hydrogen-bond donors (Lipinski definition) is 1. The van der Waals surface area contributed by atoms with Gasteiger partial charge in [0.15, 0.2) is 0 Å². The van der Waals surface area contributed by atoms with Gasteiger partial charge in [-0.1, -0.05) is 11.2 Å². The number of hydrogen-bond acceptors (Lipinski definition) is 6. The van der Waals surface area contributed by atoms with Gasteiger partial charge in [-0.25, -0.2) is 0 Å². The Bertz CT molecular complexity index is 661. The molecular formula is C14H17N5OS. The minimum absolute atomic E-state index is 0.238. The third-order valence-corrected chi connectivity index (χ3v) is 4.32. The van der Waals surface area contributed by atoms with Crippen LogP contribution in [0.25, 0.3) is 10.7 Å². The maximum Gasteiger partial charge on any atom is 0.240 e. The van der Waals surface area contributed by atoms with Crippen molar-refractivity contribution < 1.29 is 4.52 Å². The van der Waals surface area contributed by atoms with Gasteiger partial charge in [-0.15, -0.1) is 11.3 Å². The van der Waals surface area contributed by atoms with E-state index in [4.69, 9.17) is 4.52 Å². The summed E-state index contributed by atoms with van der Waals surface area (Å²) in [5, 5.41) is 13.6. The van der Waals surface area contributed by atoms with Gasteiger partial charge in [0.1, 0.15) is 0 Å². The van der Waals surface area contributed by atoms with Crippen LogP contribution in [0.2, 0.25) is 0 Å². The van der Waals surface area contributed by atoms with Gasteiger partial charge in [-0.2, -0.15) is 10.1 Å². The van der Waals surface area contributed by atoms with Crippen molar-refractivity contribution in [3.8, 4) is 10.7 Å². The number of nitrogens with zero attached hydrogens (tertiary/aromatic N) is 4. The molecule has 3 rings (SSSR count). The molecule has 2 atom stereocenters. The molecule has 3 aromatic rings. The Morgan fingerprint density at radius 3 is 3.00 bits per heavy atom. The van der Waals surface area contributed by atoms with Crippen LogP contribution in [-0.2, 0) is 6.54 Å². The molecule has 0 amide bonds. The predicted molar refractivity (Wildman–Crippen MR) is 80.9 cm³/mol. The maximum atomic E-state index is 5.27. The summed E-state index contributed by atoms with van der Waals surface area (Å²) in [6, 6.07) is 6.37. The Labute approximate surface area is 126 Å². The zero-order valence-corrected chi connectivity index (χ0v) is 12.7. The van der Waals surface area contributed by atoms with E-state index in [1.165, 1.54) is 0 Å². The molecule has 0 aliphatic heterocycles. The molecular weight excluding hydrogens is 286 g/mol. The lowest BCUT2D eigenvalue weighted by molar-refractivity contribution is 0.325. The number of nitrogens with one attached hydrogen (secondary N) is 1. The summed E-state index contributed by atoms with van der Waals surface area (Å²) in [6.45, 7) is 4.78. The van der Waals surface area contributed by atoms with Gasteiger partial charge in [-0.3, -0.25) is 4.68 Å². The molecule has 0 saturated carbocycles. The molecule has 0 saturated heterocycles. The lowest BCUT2D eigenvalue weighted by Crippen LogP contribution is -2.33. The molecule has 0 aromatic carbocycles. The zero-order valence-electron chi connectivity index (χ0n) is 11.9. The quantitative estimate of drug-likeness (QED) is 0.758. The van der Waals surface area contributed by atoms with E-state index < -0.39 is 0 Å². The molecule has 3 aromatic heterocycles. The molecule has 0 aliphatic carbocycles. The average molecular weight is 303 g/mol. The van der Waals surface area contributed by atoms with Gasteiger partial charge in [0.25, 0.3) is 0 Å². The Hall–Kier alpha value is -1.99. The van der Waals surface area contributed by atoms with Crippen molar-refractivity contribution in [3.63, 3.8) is 0 Å². The fourth-order valence-electron chi connectivity index (χ4n) is 2.00. The topological polar surface area (TPSA) is 68.8 Å². The zero-order chi connectivity index (χ0) is 14.7. The number of rotatable bonds is 6. The van der Waals surface area contributed by atoms with Crippen molar-refractivity contribution >= 4 is 11.3 Å². The first-order chi connectivity index (χ1) is 10.2. The number of thiophene rings is 1. The van der Waals surface area contributed by atoms with Crippen molar-refractivity contribution in [3.05, 3.63) is 41.9 Å². The lowest BCUT2D eigenvalue weighted by atomic mass is 10.2. The Kier molecular flexibility index (Phi) is 4.12. The van der Waals surface area contributed by atoms with Gasteiger partial charge >= 0.3 is 0 Å². The summed E-state index contributed by atoms with van der Waals surface area (Å²) in [5.74, 6) is 1.24. The first kappa shape index (κ1) is 14.0. The molecule has 3 heterocycles. The monoisotopic (exact) mass is 303 g/mol. The van der Waals surface area contributed by atoms with E-state index in [1.54, 1.807) is 17.5 Å². The fourth-order valence-corrected chi connectivity index (χ4v) is 2.65. The maximum absolute atomic E-state index is 5.27. The number of aromatic nitrogens is 4. The summed E-state index contributed by atoms with van der Waals surface area (Å²) in [5.41, 5.74) is 0. The molecule has 0 unspecified atom stereocenters. The van der Waals surface area contributed by atoms with Crippen molar-refractivity contribution in [2.45, 2.75) is 32.5 Å². The molecule has 0 spiro atoms. The SMILES string of the molecule is C[C@@H](NCc1nc(-c2cccs2)no1)[C@H](C)n1cccn1. The van der Waals surface area contributed by atoms with E-state index in [0.717, 1.165) is 4.88 Å². The molecule has 0 fully saturated rings. The van der Waals surface area contributed by atoms with Crippen LogP contribution in [0.3, 0.4) is 0 Å². The minimum atomic E-state index is 0.238. The molecule has 110 valence electrons. The van der Waals surface area contributed by atoms with E-state index in [1.807, 2.05) is 34.5 Å². The minimum Gasteiger partial charge on any atom is -0.338 e. The highest BCUT2D eigenvalue weighted by molar-refractivity contribution is 7.13. The highest BCUT2D eigenvalue weighted by Gasteiger charge is 2.15. The Morgan fingerprint density at radius 1 is 1.38 bits per heavy atom. The van der Waals surface area contributed by atoms with Crippen molar-refractivity contribution in [1.29, 1.82) is 0 Å². The molecule has 0 radical (unpaired) electrons. The van der Waals surface area contributed by atoms with E-state index in [-0.39, 0.29) is 12.1 Å². The van der Waals surface area contributed by atoms with Crippen LogP contribution in [0.5, 0.6) is 0 Å². The summed E-state index contributed by atoms with van der Waals surface area (Å²) >= 11 is 1.60. The third-order valence-electron chi connectivity index (χ3n) is 3.45. The van der Waals surface area contributed by atoms with E-state index in [0.29, 0.717) is 18.3 Å². The lowest BCUT2D eigenvalue weighted by Gasteiger charge is -2.20. The van der Waals surface area contributed by atoms with Crippen LogP contribution in [0.1, 0.15) is 25.8 Å². The van der Waals surface area contributed by atoms with Gasteiger partial charge in [0.05, 0.1) is 17.5 Å². The first-order valence-electron chi connectivity index (χ1n) is 6.83. The highest BCUT2D eigenvalue weighted by atomic mass is 32.1. The third kappa shape index (κ3) is 3.20. The average Bonchev–Trinajstić information content (AvgIpc) is 3.25. The standard InChI is InChI=1S/C14H17N5OS/c1-10(11(2)19-7-4-6-16-19)15-9-13-17-14(18-20-13)12-5-3-8-21-12/h3-8,10-11,15H,9H2,1-2H3/t10-,11+/m1/s1. The highest BCUT2D eigenvalue weighted by Crippen LogP contribution is 2.21. The second-order valence-corrected chi connectivity index (χ2v) is 5.83. The smallest absolute Gasteiger partial charge is 0.240 e. The van der Waals surface area contributed by atoms with Gasteiger partial charge < -0.3 is 9.84 Å². The summed E-state index contributed by atoms with van der Waals surface area (Å²) in [4.78, 5) is 5.41. The summed E-state index contributed by atoms with van der Waals surface area (Å²) in [7, 11) is 0. The molecule has 0 aliphatic rings. The van der Waals surface area contributed by atoms with Crippen LogP contribution in [0, 0.1) is 0 Å². The summed E-state index contributed by atoms with van der Waals surface area (Å²) < 4.78 is 7.20. The molecule has 1 N–H and O–H groups in total. The van der Waals surface area contributed by atoms with Gasteiger partial charge in [-0.05, 0) is 31.4 Å². The largest absolute Gasteiger partial charge is 0.338 e. The van der Waals surface area contributed by atoms with Crippen LogP contribution < -0.4 is 5.32 Å². The van der Waals surface area contributed by atoms with Crippen molar-refractivity contribution in [2.24, 2.45) is 0 Å². The van der Waals surface area contributed by atoms with E-state index in [2.05, 4.69) is 34.4 Å². The Balaban J connectivity index is 1.58. The van der Waals surface area contributed by atoms with E-state index >= 15 is 0 Å². The molecule has 21 heavy (non-hydrogen) atoms. The van der Waals surface area contributed by atoms with Crippen LogP contribution in [0.4, 0.5) is 0 Å². The predicted octanol–water partition coefficient (Wildman–Crippen LogP) is 2.73. The second-order valence-electron chi connectivity index (χ2n) is 4.89. The first-order valence-corrected chi connectivity index (χ1v) is 7.71. The van der Waals surface area contributed by atoms with E-state index in [9.17, 15) is 0 Å². The summed E-state index contributed by atoms with van der Waals surface area (Å²) in [6.07, 6.45) is 3.75. The van der Waals surface area contributed by atoms with Crippen LogP contribution >= 0.6 is 11.3 Å².